The molecule has 2 N–H and O–H groups in total. The molecule has 2 amide bonds. The molecule has 0 aliphatic heterocycles. The van der Waals surface area contributed by atoms with E-state index < -0.39 is 17.6 Å². The summed E-state index contributed by atoms with van der Waals surface area (Å²) in [4.78, 5) is 37.6. The van der Waals surface area contributed by atoms with Gasteiger partial charge in [0.25, 0.3) is 0 Å². The Morgan fingerprint density at radius 3 is 2.00 bits per heavy atom. The van der Waals surface area contributed by atoms with E-state index in [1.165, 1.54) is 36.9 Å². The van der Waals surface area contributed by atoms with Gasteiger partial charge in [0.2, 0.25) is 5.91 Å². The molecule has 0 saturated heterocycles. The quantitative estimate of drug-likeness (QED) is 0.509. The van der Waals surface area contributed by atoms with Gasteiger partial charge in [-0.2, -0.15) is 0 Å². The zero-order valence-corrected chi connectivity index (χ0v) is 19.9. The first-order chi connectivity index (χ1) is 16.7. The van der Waals surface area contributed by atoms with Gasteiger partial charge in [0, 0.05) is 18.7 Å². The maximum atomic E-state index is 12.5. The van der Waals surface area contributed by atoms with Crippen molar-refractivity contribution in [1.82, 2.24) is 4.90 Å². The molecule has 1 aliphatic rings. The van der Waals surface area contributed by atoms with Crippen LogP contribution in [0.5, 0.6) is 0 Å². The third-order valence-electron chi connectivity index (χ3n) is 6.64. The summed E-state index contributed by atoms with van der Waals surface area (Å²) in [6, 6.07) is 23.1. The number of aliphatic carboxylic acids is 1. The number of fused-ring (bicyclic) bond motifs is 3. The molecule has 0 spiro atoms. The number of nitrogens with one attached hydrogen (secondary N) is 1. The van der Waals surface area contributed by atoms with Crippen LogP contribution >= 0.6 is 0 Å². The van der Waals surface area contributed by atoms with Crippen LogP contribution in [0.4, 0.5) is 10.5 Å². The van der Waals surface area contributed by atoms with E-state index in [0.29, 0.717) is 11.3 Å². The number of ether oxygens (including phenoxy) is 1. The largest absolute Gasteiger partial charge is 0.480 e. The summed E-state index contributed by atoms with van der Waals surface area (Å²) >= 11 is 0. The zero-order valence-electron chi connectivity index (χ0n) is 19.9. The van der Waals surface area contributed by atoms with Crippen LogP contribution in [0.15, 0.2) is 72.8 Å². The van der Waals surface area contributed by atoms with Crippen LogP contribution in [0.25, 0.3) is 11.1 Å². The van der Waals surface area contributed by atoms with E-state index in [9.17, 15) is 19.5 Å². The molecule has 3 aromatic carbocycles. The van der Waals surface area contributed by atoms with Crippen molar-refractivity contribution in [2.45, 2.75) is 31.7 Å². The molecule has 4 rings (SSSR count). The molecule has 0 atom stereocenters. The van der Waals surface area contributed by atoms with E-state index >= 15 is 0 Å². The van der Waals surface area contributed by atoms with Crippen LogP contribution in [0.1, 0.15) is 36.5 Å². The van der Waals surface area contributed by atoms with Gasteiger partial charge in [-0.25, -0.2) is 9.59 Å². The molecular formula is C28H28N2O5. The van der Waals surface area contributed by atoms with Gasteiger partial charge >= 0.3 is 12.1 Å². The van der Waals surface area contributed by atoms with Crippen LogP contribution in [0.2, 0.25) is 0 Å². The average molecular weight is 473 g/mol. The smallest absolute Gasteiger partial charge is 0.411 e. The number of benzene rings is 3. The normalized spacial score (nSPS) is 12.4. The molecule has 0 heterocycles. The van der Waals surface area contributed by atoms with Gasteiger partial charge < -0.3 is 14.7 Å². The predicted molar refractivity (Wildman–Crippen MR) is 133 cm³/mol. The van der Waals surface area contributed by atoms with Gasteiger partial charge in [0.1, 0.15) is 12.1 Å². The van der Waals surface area contributed by atoms with E-state index in [1.807, 2.05) is 24.3 Å². The van der Waals surface area contributed by atoms with E-state index in [2.05, 4.69) is 29.6 Å². The first kappa shape index (κ1) is 24.0. The number of carbonyl (C=O) groups is 3. The van der Waals surface area contributed by atoms with Crippen molar-refractivity contribution in [3.8, 4) is 11.1 Å². The van der Waals surface area contributed by atoms with Crippen molar-refractivity contribution in [3.63, 3.8) is 0 Å². The lowest BCUT2D eigenvalue weighted by Crippen LogP contribution is -2.51. The van der Waals surface area contributed by atoms with Crippen LogP contribution in [-0.4, -0.2) is 47.2 Å². The van der Waals surface area contributed by atoms with Crippen molar-refractivity contribution in [3.05, 3.63) is 89.5 Å². The van der Waals surface area contributed by atoms with Crippen molar-refractivity contribution >= 4 is 23.7 Å². The highest BCUT2D eigenvalue weighted by Gasteiger charge is 2.35. The number of rotatable bonds is 7. The van der Waals surface area contributed by atoms with Crippen LogP contribution < -0.4 is 5.32 Å². The monoisotopic (exact) mass is 472 g/mol. The molecule has 1 aliphatic carbocycles. The number of amides is 2. The third-order valence-corrected chi connectivity index (χ3v) is 6.64. The maximum Gasteiger partial charge on any atom is 0.411 e. The number of hydrogen-bond acceptors (Lipinski definition) is 4. The van der Waals surface area contributed by atoms with Crippen molar-refractivity contribution in [1.29, 1.82) is 0 Å². The SMILES string of the molecule is CN(C(=O)Cc1ccc(NC(=O)OCC2c3ccccc3-c3ccccc32)cc1)C(C)(C)C(=O)O. The standard InChI is InChI=1S/C28H28N2O5/c1-28(2,26(32)33)30(3)25(31)16-18-12-14-19(15-13-18)29-27(34)35-17-24-22-10-6-4-8-20(22)21-9-5-7-11-23(21)24/h4-15,24H,16-17H2,1-3H3,(H,29,34)(H,32,33). The molecule has 180 valence electrons. The summed E-state index contributed by atoms with van der Waals surface area (Å²) in [7, 11) is 1.48. The highest BCUT2D eigenvalue weighted by molar-refractivity contribution is 5.88. The molecule has 7 heteroatoms. The van der Waals surface area contributed by atoms with Gasteiger partial charge in [-0.3, -0.25) is 10.1 Å². The zero-order chi connectivity index (χ0) is 25.2. The Kier molecular flexibility index (Phi) is 6.60. The fraction of sp³-hybridized carbons (Fsp3) is 0.250. The van der Waals surface area contributed by atoms with Crippen molar-refractivity contribution in [2.24, 2.45) is 0 Å². The number of likely N-dealkylation sites (N-methyl/N-ethyl adjacent to an activating group) is 1. The molecule has 35 heavy (non-hydrogen) atoms. The van der Waals surface area contributed by atoms with Crippen LogP contribution in [0.3, 0.4) is 0 Å². The molecule has 0 radical (unpaired) electrons. The minimum Gasteiger partial charge on any atom is -0.480 e. The fourth-order valence-corrected chi connectivity index (χ4v) is 4.21. The van der Waals surface area contributed by atoms with Crippen molar-refractivity contribution in [2.75, 3.05) is 19.0 Å². The Morgan fingerprint density at radius 1 is 0.914 bits per heavy atom. The number of carboxylic acids is 1. The molecular weight excluding hydrogens is 444 g/mol. The Labute approximate surface area is 204 Å². The first-order valence-electron chi connectivity index (χ1n) is 11.4. The van der Waals surface area contributed by atoms with E-state index in [1.54, 1.807) is 24.3 Å². The lowest BCUT2D eigenvalue weighted by molar-refractivity contribution is -0.155. The minimum absolute atomic E-state index is 0.0198. The summed E-state index contributed by atoms with van der Waals surface area (Å²) < 4.78 is 5.56. The average Bonchev–Trinajstić information content (AvgIpc) is 3.17. The second-order valence-corrected chi connectivity index (χ2v) is 9.14. The van der Waals surface area contributed by atoms with Crippen molar-refractivity contribution < 1.29 is 24.2 Å². The minimum atomic E-state index is -1.30. The van der Waals surface area contributed by atoms with Crippen LogP contribution in [-0.2, 0) is 20.7 Å². The number of carbonyl (C=O) groups excluding carboxylic acids is 2. The summed E-state index contributed by atoms with van der Waals surface area (Å²) in [5.41, 5.74) is 4.57. The summed E-state index contributed by atoms with van der Waals surface area (Å²) in [5.74, 6) is -1.40. The van der Waals surface area contributed by atoms with Gasteiger partial charge in [0.05, 0.1) is 6.42 Å². The molecule has 0 aromatic heterocycles. The number of hydrogen-bond donors (Lipinski definition) is 2. The van der Waals surface area contributed by atoms with E-state index in [0.717, 1.165) is 11.1 Å². The third kappa shape index (κ3) is 4.89. The topological polar surface area (TPSA) is 95.9 Å². The Morgan fingerprint density at radius 2 is 1.46 bits per heavy atom. The van der Waals surface area contributed by atoms with E-state index in [-0.39, 0.29) is 24.9 Å². The number of nitrogens with zero attached hydrogens (tertiary/aromatic N) is 1. The lowest BCUT2D eigenvalue weighted by atomic mass is 9.98. The number of carboxylic acid groups (broad SMARTS) is 1. The second kappa shape index (κ2) is 9.62. The van der Waals surface area contributed by atoms with Gasteiger partial charge in [-0.05, 0) is 53.8 Å². The van der Waals surface area contributed by atoms with Crippen LogP contribution in [0, 0.1) is 0 Å². The Balaban J connectivity index is 1.34. The summed E-state index contributed by atoms with van der Waals surface area (Å²) in [6.07, 6.45) is -0.503. The molecule has 0 unspecified atom stereocenters. The molecule has 3 aromatic rings. The molecule has 0 bridgehead atoms. The summed E-state index contributed by atoms with van der Waals surface area (Å²) in [6.45, 7) is 3.18. The predicted octanol–water partition coefficient (Wildman–Crippen LogP) is 4.91. The highest BCUT2D eigenvalue weighted by atomic mass is 16.5. The second-order valence-electron chi connectivity index (χ2n) is 9.14. The lowest BCUT2D eigenvalue weighted by Gasteiger charge is -2.31. The Hall–Kier alpha value is -4.13. The van der Waals surface area contributed by atoms with Gasteiger partial charge in [0.15, 0.2) is 0 Å². The molecule has 7 nitrogen and oxygen atoms in total. The van der Waals surface area contributed by atoms with Gasteiger partial charge in [-0.1, -0.05) is 60.7 Å². The summed E-state index contributed by atoms with van der Waals surface area (Å²) in [5, 5.41) is 12.0. The number of anilines is 1. The van der Waals surface area contributed by atoms with E-state index in [4.69, 9.17) is 4.74 Å². The molecule has 0 saturated carbocycles. The Bertz CT molecular complexity index is 1220. The highest BCUT2D eigenvalue weighted by Crippen LogP contribution is 2.44. The fourth-order valence-electron chi connectivity index (χ4n) is 4.21. The maximum absolute atomic E-state index is 12.5. The van der Waals surface area contributed by atoms with Gasteiger partial charge in [-0.15, -0.1) is 0 Å². The first-order valence-corrected chi connectivity index (χ1v) is 11.4. The molecule has 0 fully saturated rings.